The molecule has 0 heterocycles. The predicted octanol–water partition coefficient (Wildman–Crippen LogP) is -1.95. The summed E-state index contributed by atoms with van der Waals surface area (Å²) in [5.41, 5.74) is 0. The minimum atomic E-state index is -0.365. The summed E-state index contributed by atoms with van der Waals surface area (Å²) < 4.78 is 4.96. The first-order valence-corrected chi connectivity index (χ1v) is 3.97. The molecule has 0 rings (SSSR count). The van der Waals surface area contributed by atoms with Crippen molar-refractivity contribution in [2.45, 2.75) is 6.10 Å². The lowest BCUT2D eigenvalue weighted by Gasteiger charge is -2.26. The van der Waals surface area contributed by atoms with Gasteiger partial charge in [-0.3, -0.25) is 0 Å². The van der Waals surface area contributed by atoms with Gasteiger partial charge < -0.3 is 25.3 Å². The van der Waals surface area contributed by atoms with Crippen LogP contribution in [0.3, 0.4) is 0 Å². The molecular formula is C8H16N2O3. The summed E-state index contributed by atoms with van der Waals surface area (Å²) in [4.78, 5) is 0. The van der Waals surface area contributed by atoms with E-state index in [0.29, 0.717) is 0 Å². The molecule has 0 aliphatic rings. The van der Waals surface area contributed by atoms with E-state index in [-0.39, 0.29) is 29.3 Å². The molecule has 0 aliphatic carbocycles. The van der Waals surface area contributed by atoms with Crippen LogP contribution in [-0.4, -0.2) is 26.3 Å². The van der Waals surface area contributed by atoms with Gasteiger partial charge in [0, 0.05) is 7.11 Å². The summed E-state index contributed by atoms with van der Waals surface area (Å²) in [5.74, 6) is 0. The Labute approximate surface area is 78.0 Å². The average molecular weight is 188 g/mol. The fourth-order valence-electron chi connectivity index (χ4n) is 0.854. The van der Waals surface area contributed by atoms with Crippen LogP contribution in [-0.2, 0) is 4.74 Å². The summed E-state index contributed by atoms with van der Waals surface area (Å²) in [5, 5.41) is 21.6. The quantitative estimate of drug-likeness (QED) is 0.457. The number of hydroxylamine groups is 4. The number of hydrogen-bond donors (Lipinski definition) is 2. The van der Waals surface area contributed by atoms with Gasteiger partial charge in [-0.15, -0.1) is 0 Å². The molecule has 2 atom stereocenters. The Morgan fingerprint density at radius 1 is 1.23 bits per heavy atom. The van der Waals surface area contributed by atoms with Crippen molar-refractivity contribution in [3.63, 3.8) is 0 Å². The van der Waals surface area contributed by atoms with E-state index in [9.17, 15) is 10.4 Å². The van der Waals surface area contributed by atoms with Crippen molar-refractivity contribution in [3.05, 3.63) is 36.0 Å². The minimum Gasteiger partial charge on any atom is -0.629 e. The molecule has 2 unspecified atom stereocenters. The van der Waals surface area contributed by atoms with Gasteiger partial charge >= 0.3 is 0 Å². The van der Waals surface area contributed by atoms with Crippen molar-refractivity contribution < 1.29 is 14.9 Å². The van der Waals surface area contributed by atoms with Gasteiger partial charge in [0.25, 0.3) is 0 Å². The first-order valence-electron chi connectivity index (χ1n) is 3.97. The Morgan fingerprint density at radius 3 is 1.85 bits per heavy atom. The van der Waals surface area contributed by atoms with E-state index in [2.05, 4.69) is 13.2 Å². The van der Waals surface area contributed by atoms with Crippen LogP contribution in [0.25, 0.3) is 0 Å². The molecule has 0 saturated carbocycles. The largest absolute Gasteiger partial charge is 0.629 e. The molecule has 0 amide bonds. The van der Waals surface area contributed by atoms with Gasteiger partial charge in [0.2, 0.25) is 0 Å². The number of hydrogen-bond acceptors (Lipinski definition) is 3. The summed E-state index contributed by atoms with van der Waals surface area (Å²) in [6, 6.07) is 0. The van der Waals surface area contributed by atoms with Gasteiger partial charge in [-0.25, -0.2) is 0 Å². The molecule has 2 N–H and O–H groups in total. The third-order valence-electron chi connectivity index (χ3n) is 1.65. The van der Waals surface area contributed by atoms with E-state index >= 15 is 0 Å². The summed E-state index contributed by atoms with van der Waals surface area (Å²) >= 11 is 0. The molecule has 0 saturated heterocycles. The number of ether oxygens (including phenoxy) is 1. The number of quaternary nitrogens is 2. The highest BCUT2D eigenvalue weighted by atomic mass is 16.5. The van der Waals surface area contributed by atoms with Crippen molar-refractivity contribution in [2.75, 3.05) is 20.2 Å². The van der Waals surface area contributed by atoms with Gasteiger partial charge in [-0.05, 0) is 13.2 Å². The summed E-state index contributed by atoms with van der Waals surface area (Å²) in [6.45, 7) is 7.06. The normalized spacial score (nSPS) is 17.5. The standard InChI is InChI=1S/C8H16N2O3/c1-4-9(11)6-8(13-3)7-10(12)5-2/h4-5,8-10H,1-2,6-7H2,3H3. The molecule has 76 valence electrons. The molecular weight excluding hydrogens is 172 g/mol. The molecule has 0 aromatic heterocycles. The van der Waals surface area contributed by atoms with Crippen molar-refractivity contribution in [1.82, 2.24) is 0 Å². The van der Waals surface area contributed by atoms with Crippen LogP contribution in [0.1, 0.15) is 0 Å². The smallest absolute Gasteiger partial charge is 0.156 e. The Morgan fingerprint density at radius 2 is 1.62 bits per heavy atom. The molecule has 5 heteroatoms. The van der Waals surface area contributed by atoms with E-state index in [1.54, 1.807) is 0 Å². The first kappa shape index (κ1) is 12.3. The number of rotatable bonds is 7. The van der Waals surface area contributed by atoms with Crippen molar-refractivity contribution in [3.8, 4) is 0 Å². The van der Waals surface area contributed by atoms with Gasteiger partial charge in [0.05, 0.1) is 12.4 Å². The second-order valence-electron chi connectivity index (χ2n) is 2.61. The lowest BCUT2D eigenvalue weighted by molar-refractivity contribution is -0.821. The number of methoxy groups -OCH3 is 1. The molecule has 0 aromatic rings. The van der Waals surface area contributed by atoms with Crippen LogP contribution in [0.4, 0.5) is 0 Å². The fraction of sp³-hybridized carbons (Fsp3) is 0.500. The zero-order chi connectivity index (χ0) is 10.3. The second kappa shape index (κ2) is 6.76. The van der Waals surface area contributed by atoms with Crippen molar-refractivity contribution >= 4 is 0 Å². The number of nitrogens with one attached hydrogen (secondary N) is 2. The van der Waals surface area contributed by atoms with Crippen molar-refractivity contribution in [2.24, 2.45) is 0 Å². The van der Waals surface area contributed by atoms with E-state index in [0.717, 1.165) is 0 Å². The highest BCUT2D eigenvalue weighted by Gasteiger charge is 2.13. The lowest BCUT2D eigenvalue weighted by atomic mass is 10.3. The predicted molar refractivity (Wildman–Crippen MR) is 49.6 cm³/mol. The monoisotopic (exact) mass is 188 g/mol. The van der Waals surface area contributed by atoms with Crippen LogP contribution < -0.4 is 10.1 Å². The van der Waals surface area contributed by atoms with Gasteiger partial charge in [-0.1, -0.05) is 0 Å². The highest BCUT2D eigenvalue weighted by molar-refractivity contribution is 4.58. The van der Waals surface area contributed by atoms with Crippen LogP contribution in [0.2, 0.25) is 0 Å². The third kappa shape index (κ3) is 5.51. The maximum absolute atomic E-state index is 10.9. The second-order valence-corrected chi connectivity index (χ2v) is 2.61. The van der Waals surface area contributed by atoms with Crippen LogP contribution in [0.15, 0.2) is 25.6 Å². The molecule has 0 aliphatic heterocycles. The fourth-order valence-corrected chi connectivity index (χ4v) is 0.854. The van der Waals surface area contributed by atoms with Crippen LogP contribution in [0, 0.1) is 10.4 Å². The first-order chi connectivity index (χ1) is 6.13. The zero-order valence-corrected chi connectivity index (χ0v) is 7.79. The molecule has 0 spiro atoms. The van der Waals surface area contributed by atoms with E-state index in [4.69, 9.17) is 4.74 Å². The van der Waals surface area contributed by atoms with E-state index < -0.39 is 0 Å². The minimum absolute atomic E-state index is 0.122. The van der Waals surface area contributed by atoms with Gasteiger partial charge in [-0.2, -0.15) is 0 Å². The lowest BCUT2D eigenvalue weighted by Crippen LogP contribution is -3.08. The van der Waals surface area contributed by atoms with E-state index in [1.165, 1.54) is 19.5 Å². The third-order valence-corrected chi connectivity index (χ3v) is 1.65. The maximum Gasteiger partial charge on any atom is 0.156 e. The SMILES string of the molecule is C=C[NH+]([O-])CC(C[NH+]([O-])C=C)OC. The Bertz CT molecular complexity index is 147. The average Bonchev–Trinajstić information content (AvgIpc) is 2.16. The topological polar surface area (TPSA) is 64.2 Å². The Hall–Kier alpha value is -0.720. The molecule has 0 radical (unpaired) electrons. The van der Waals surface area contributed by atoms with E-state index in [1.807, 2.05) is 0 Å². The van der Waals surface area contributed by atoms with Crippen molar-refractivity contribution in [1.29, 1.82) is 0 Å². The van der Waals surface area contributed by atoms with Crippen LogP contribution >= 0.6 is 0 Å². The molecule has 0 fully saturated rings. The maximum atomic E-state index is 10.9. The zero-order valence-electron chi connectivity index (χ0n) is 7.79. The summed E-state index contributed by atoms with van der Waals surface area (Å²) in [7, 11) is 1.47. The molecule has 0 bridgehead atoms. The molecule has 0 aromatic carbocycles. The Kier molecular flexibility index (Phi) is 6.38. The molecule has 5 nitrogen and oxygen atoms in total. The highest BCUT2D eigenvalue weighted by Crippen LogP contribution is 1.80. The summed E-state index contributed by atoms with van der Waals surface area (Å²) in [6.07, 6.45) is 2.09. The van der Waals surface area contributed by atoms with Gasteiger partial charge in [0.15, 0.2) is 6.10 Å². The Balaban J connectivity index is 3.87. The van der Waals surface area contributed by atoms with Crippen LogP contribution in [0.5, 0.6) is 0 Å². The molecule has 13 heavy (non-hydrogen) atoms. The van der Waals surface area contributed by atoms with Gasteiger partial charge in [0.1, 0.15) is 13.1 Å².